The molecule has 2 fully saturated rings. The van der Waals surface area contributed by atoms with Crippen LogP contribution in [0.5, 0.6) is 0 Å². The predicted molar refractivity (Wildman–Crippen MR) is 105 cm³/mol. The van der Waals surface area contributed by atoms with E-state index in [4.69, 9.17) is 15.9 Å². The third kappa shape index (κ3) is 4.59. The van der Waals surface area contributed by atoms with Crippen molar-refractivity contribution in [1.29, 1.82) is 0 Å². The number of carboxylic acid groups (broad SMARTS) is 2. The average Bonchev–Trinajstić information content (AvgIpc) is 3.33. The highest BCUT2D eigenvalue weighted by Gasteiger charge is 2.62. The number of carboxylic acids is 2. The lowest BCUT2D eigenvalue weighted by Gasteiger charge is -2.31. The van der Waals surface area contributed by atoms with Crippen LogP contribution >= 0.6 is 0 Å². The van der Waals surface area contributed by atoms with Gasteiger partial charge in [-0.1, -0.05) is 30.3 Å². The lowest BCUT2D eigenvalue weighted by molar-refractivity contribution is -0.137. The standard InChI is InChI=1S/C17H24N2O.C4H4O4/c1-12-8-9-13(2)19(12)16(20)17(10-15(17)11-18)14-6-4-3-5-7-14;5-3(6)1-2-4(7)8/h3-7,12-13,15H,8-11,18H2,1-2H3;1-2H,(H,5,6)(H,7,8)/b;2-1+/t12?,13?,15?,17-;/m1./s1. The third-order valence-corrected chi connectivity index (χ3v) is 5.62. The molecule has 7 nitrogen and oxygen atoms in total. The normalized spacial score (nSPS) is 28.5. The number of nitrogens with zero attached hydrogens (tertiary/aromatic N) is 1. The molecule has 1 saturated heterocycles. The molecule has 1 aromatic rings. The Kier molecular flexibility index (Phi) is 6.96. The number of benzene rings is 1. The van der Waals surface area contributed by atoms with E-state index >= 15 is 0 Å². The third-order valence-electron chi connectivity index (χ3n) is 5.62. The molecule has 0 spiro atoms. The fourth-order valence-corrected chi connectivity index (χ4v) is 4.06. The van der Waals surface area contributed by atoms with Gasteiger partial charge in [0.25, 0.3) is 0 Å². The highest BCUT2D eigenvalue weighted by Crippen LogP contribution is 2.55. The molecule has 0 radical (unpaired) electrons. The van der Waals surface area contributed by atoms with Gasteiger partial charge in [0.2, 0.25) is 5.91 Å². The number of carbonyl (C=O) groups is 3. The van der Waals surface area contributed by atoms with Crippen molar-refractivity contribution in [3.05, 3.63) is 48.0 Å². The Hall–Kier alpha value is -2.67. The molecule has 7 heteroatoms. The van der Waals surface area contributed by atoms with Crippen molar-refractivity contribution in [2.75, 3.05) is 6.54 Å². The number of carbonyl (C=O) groups excluding carboxylic acids is 1. The summed E-state index contributed by atoms with van der Waals surface area (Å²) in [6.07, 6.45) is 4.25. The second kappa shape index (κ2) is 9.01. The fourth-order valence-electron chi connectivity index (χ4n) is 4.06. The molecule has 1 heterocycles. The second-order valence-electron chi connectivity index (χ2n) is 7.47. The summed E-state index contributed by atoms with van der Waals surface area (Å²) < 4.78 is 0. The van der Waals surface area contributed by atoms with E-state index in [0.717, 1.165) is 24.8 Å². The van der Waals surface area contributed by atoms with Crippen LogP contribution in [0.15, 0.2) is 42.5 Å². The SMILES string of the molecule is CC1CCC(C)N1C(=O)[C@@]1(c2ccccc2)CC1CN.O=C(O)/C=C/C(=O)O. The van der Waals surface area contributed by atoms with Gasteiger partial charge in [0.1, 0.15) is 0 Å². The van der Waals surface area contributed by atoms with Gasteiger partial charge in [-0.05, 0) is 51.1 Å². The second-order valence-corrected chi connectivity index (χ2v) is 7.47. The largest absolute Gasteiger partial charge is 0.478 e. The van der Waals surface area contributed by atoms with Crippen LogP contribution in [0.25, 0.3) is 0 Å². The molecule has 1 amide bonds. The van der Waals surface area contributed by atoms with Gasteiger partial charge < -0.3 is 20.8 Å². The average molecular weight is 388 g/mol. The minimum absolute atomic E-state index is 0.302. The molecule has 152 valence electrons. The lowest BCUT2D eigenvalue weighted by atomic mass is 9.91. The number of aliphatic carboxylic acids is 2. The Balaban J connectivity index is 0.000000300. The molecule has 1 aliphatic heterocycles. The first-order valence-corrected chi connectivity index (χ1v) is 9.46. The minimum Gasteiger partial charge on any atom is -0.478 e. The number of nitrogens with two attached hydrogens (primary N) is 1. The molecule has 1 aliphatic carbocycles. The van der Waals surface area contributed by atoms with E-state index in [0.29, 0.717) is 42.6 Å². The maximum absolute atomic E-state index is 13.2. The topological polar surface area (TPSA) is 121 Å². The van der Waals surface area contributed by atoms with Crippen molar-refractivity contribution in [2.24, 2.45) is 11.7 Å². The van der Waals surface area contributed by atoms with Crippen molar-refractivity contribution < 1.29 is 24.6 Å². The number of amides is 1. The molecule has 0 bridgehead atoms. The molecular weight excluding hydrogens is 360 g/mol. The monoisotopic (exact) mass is 388 g/mol. The van der Waals surface area contributed by atoms with Gasteiger partial charge in [-0.25, -0.2) is 9.59 Å². The molecule has 4 N–H and O–H groups in total. The van der Waals surface area contributed by atoms with E-state index < -0.39 is 11.9 Å². The van der Waals surface area contributed by atoms with Crippen LogP contribution in [-0.4, -0.2) is 51.6 Å². The molecule has 0 aromatic heterocycles. The van der Waals surface area contributed by atoms with Gasteiger partial charge in [0.05, 0.1) is 5.41 Å². The van der Waals surface area contributed by atoms with E-state index in [1.807, 2.05) is 18.2 Å². The number of likely N-dealkylation sites (tertiary alicyclic amines) is 1. The predicted octanol–water partition coefficient (Wildman–Crippen LogP) is 2.01. The van der Waals surface area contributed by atoms with E-state index in [2.05, 4.69) is 30.9 Å². The lowest BCUT2D eigenvalue weighted by Crippen LogP contribution is -2.46. The zero-order valence-corrected chi connectivity index (χ0v) is 16.2. The van der Waals surface area contributed by atoms with Crippen LogP contribution in [0.3, 0.4) is 0 Å². The highest BCUT2D eigenvalue weighted by molar-refractivity contribution is 5.93. The Labute approximate surface area is 164 Å². The quantitative estimate of drug-likeness (QED) is 0.664. The Morgan fingerprint density at radius 1 is 1.07 bits per heavy atom. The van der Waals surface area contributed by atoms with Crippen molar-refractivity contribution in [2.45, 2.75) is 50.6 Å². The van der Waals surface area contributed by atoms with Crippen molar-refractivity contribution in [3.63, 3.8) is 0 Å². The summed E-state index contributed by atoms with van der Waals surface area (Å²) in [5.41, 5.74) is 6.68. The van der Waals surface area contributed by atoms with Gasteiger partial charge in [0, 0.05) is 24.2 Å². The van der Waals surface area contributed by atoms with Gasteiger partial charge in [0.15, 0.2) is 0 Å². The van der Waals surface area contributed by atoms with Gasteiger partial charge in [-0.2, -0.15) is 0 Å². The Bertz CT molecular complexity index is 722. The molecule has 2 aliphatic rings. The van der Waals surface area contributed by atoms with Gasteiger partial charge in [-0.15, -0.1) is 0 Å². The van der Waals surface area contributed by atoms with Crippen molar-refractivity contribution in [3.8, 4) is 0 Å². The van der Waals surface area contributed by atoms with Crippen LogP contribution < -0.4 is 5.73 Å². The smallest absolute Gasteiger partial charge is 0.328 e. The first-order valence-electron chi connectivity index (χ1n) is 9.46. The van der Waals surface area contributed by atoms with E-state index in [1.165, 1.54) is 0 Å². The van der Waals surface area contributed by atoms with Crippen LogP contribution in [-0.2, 0) is 19.8 Å². The van der Waals surface area contributed by atoms with Crippen LogP contribution in [0.1, 0.15) is 38.7 Å². The molecule has 1 saturated carbocycles. The summed E-state index contributed by atoms with van der Waals surface area (Å²) in [7, 11) is 0. The van der Waals surface area contributed by atoms with E-state index in [9.17, 15) is 14.4 Å². The zero-order valence-electron chi connectivity index (χ0n) is 16.2. The Morgan fingerprint density at radius 3 is 1.96 bits per heavy atom. The van der Waals surface area contributed by atoms with Crippen LogP contribution in [0.2, 0.25) is 0 Å². The van der Waals surface area contributed by atoms with Crippen molar-refractivity contribution >= 4 is 17.8 Å². The molecule has 1 aromatic carbocycles. The molecule has 3 rings (SSSR count). The first-order chi connectivity index (χ1) is 13.2. The maximum atomic E-state index is 13.2. The summed E-state index contributed by atoms with van der Waals surface area (Å²) in [4.78, 5) is 34.4. The zero-order chi connectivity index (χ0) is 20.9. The summed E-state index contributed by atoms with van der Waals surface area (Å²) in [5, 5.41) is 15.6. The number of rotatable bonds is 5. The van der Waals surface area contributed by atoms with E-state index in [1.54, 1.807) is 0 Å². The number of hydrogen-bond donors (Lipinski definition) is 3. The molecule has 4 atom stereocenters. The Morgan fingerprint density at radius 2 is 1.57 bits per heavy atom. The van der Waals surface area contributed by atoms with Gasteiger partial charge in [-0.3, -0.25) is 4.79 Å². The number of hydrogen-bond acceptors (Lipinski definition) is 4. The van der Waals surface area contributed by atoms with Gasteiger partial charge >= 0.3 is 11.9 Å². The van der Waals surface area contributed by atoms with Crippen LogP contribution in [0, 0.1) is 5.92 Å². The minimum atomic E-state index is -1.26. The highest BCUT2D eigenvalue weighted by atomic mass is 16.4. The van der Waals surface area contributed by atoms with Crippen LogP contribution in [0.4, 0.5) is 0 Å². The molecule has 3 unspecified atom stereocenters. The maximum Gasteiger partial charge on any atom is 0.328 e. The molecule has 28 heavy (non-hydrogen) atoms. The summed E-state index contributed by atoms with van der Waals surface area (Å²) in [5.74, 6) is -1.91. The summed E-state index contributed by atoms with van der Waals surface area (Å²) in [6, 6.07) is 10.9. The van der Waals surface area contributed by atoms with Crippen molar-refractivity contribution in [1.82, 2.24) is 4.90 Å². The summed E-state index contributed by atoms with van der Waals surface area (Å²) in [6.45, 7) is 4.93. The first kappa shape index (κ1) is 21.6. The summed E-state index contributed by atoms with van der Waals surface area (Å²) >= 11 is 0. The molecular formula is C21H28N2O5. The van der Waals surface area contributed by atoms with E-state index in [-0.39, 0.29) is 5.41 Å². The fraction of sp³-hybridized carbons (Fsp3) is 0.476.